The number of aryl methyl sites for hydroxylation is 1. The molecular formula is C16H12O2. The van der Waals surface area contributed by atoms with Crippen molar-refractivity contribution in [1.82, 2.24) is 0 Å². The molecular weight excluding hydrogens is 224 g/mol. The van der Waals surface area contributed by atoms with Crippen molar-refractivity contribution in [2.75, 3.05) is 0 Å². The van der Waals surface area contributed by atoms with Crippen molar-refractivity contribution in [3.8, 4) is 11.1 Å². The minimum atomic E-state index is -0.908. The second-order valence-corrected chi connectivity index (χ2v) is 4.49. The molecule has 2 heteroatoms. The van der Waals surface area contributed by atoms with Crippen LogP contribution in [0.1, 0.15) is 16.7 Å². The van der Waals surface area contributed by atoms with Crippen LogP contribution in [-0.2, 0) is 4.79 Å². The van der Waals surface area contributed by atoms with E-state index in [0.717, 1.165) is 33.4 Å². The van der Waals surface area contributed by atoms with Crippen molar-refractivity contribution in [3.63, 3.8) is 0 Å². The highest BCUT2D eigenvalue weighted by Gasteiger charge is 2.23. The van der Waals surface area contributed by atoms with E-state index in [9.17, 15) is 4.79 Å². The Kier molecular flexibility index (Phi) is 2.30. The van der Waals surface area contributed by atoms with E-state index < -0.39 is 5.97 Å². The molecule has 0 saturated carbocycles. The van der Waals surface area contributed by atoms with Crippen molar-refractivity contribution in [3.05, 3.63) is 65.2 Å². The first-order valence-corrected chi connectivity index (χ1v) is 5.82. The molecule has 2 aromatic carbocycles. The SMILES string of the molecule is Cc1ccc2c(c1)/C(=C\C(=O)O)c1ccccc1-2. The standard InChI is InChI=1S/C16H12O2/c1-10-6-7-13-11-4-2-3-5-12(11)15(9-16(17)18)14(13)8-10/h2-9H,1H3,(H,17,18)/b15-9-. The quantitative estimate of drug-likeness (QED) is 0.657. The van der Waals surface area contributed by atoms with Crippen LogP contribution in [0.3, 0.4) is 0 Å². The van der Waals surface area contributed by atoms with Gasteiger partial charge in [0.1, 0.15) is 0 Å². The Morgan fingerprint density at radius 3 is 2.39 bits per heavy atom. The third kappa shape index (κ3) is 1.54. The second-order valence-electron chi connectivity index (χ2n) is 4.49. The summed E-state index contributed by atoms with van der Waals surface area (Å²) < 4.78 is 0. The Morgan fingerprint density at radius 2 is 1.67 bits per heavy atom. The van der Waals surface area contributed by atoms with E-state index >= 15 is 0 Å². The molecule has 1 aliphatic rings. The van der Waals surface area contributed by atoms with Crippen LogP contribution in [0.25, 0.3) is 16.7 Å². The number of rotatable bonds is 1. The monoisotopic (exact) mass is 236 g/mol. The zero-order valence-corrected chi connectivity index (χ0v) is 9.97. The van der Waals surface area contributed by atoms with Gasteiger partial charge in [0.2, 0.25) is 0 Å². The molecule has 0 saturated heterocycles. The van der Waals surface area contributed by atoms with Gasteiger partial charge in [-0.05, 0) is 34.8 Å². The van der Waals surface area contributed by atoms with Gasteiger partial charge in [0, 0.05) is 6.08 Å². The first-order chi connectivity index (χ1) is 8.66. The zero-order valence-electron chi connectivity index (χ0n) is 9.97. The number of fused-ring (bicyclic) bond motifs is 3. The highest BCUT2D eigenvalue weighted by Crippen LogP contribution is 2.44. The van der Waals surface area contributed by atoms with E-state index in [1.165, 1.54) is 6.08 Å². The van der Waals surface area contributed by atoms with Crippen molar-refractivity contribution in [2.24, 2.45) is 0 Å². The summed E-state index contributed by atoms with van der Waals surface area (Å²) in [5.41, 5.74) is 6.18. The average molecular weight is 236 g/mol. The largest absolute Gasteiger partial charge is 0.478 e. The van der Waals surface area contributed by atoms with Gasteiger partial charge in [-0.25, -0.2) is 4.79 Å². The number of hydrogen-bond donors (Lipinski definition) is 1. The van der Waals surface area contributed by atoms with Gasteiger partial charge in [-0.3, -0.25) is 0 Å². The molecule has 88 valence electrons. The Bertz CT molecular complexity index is 681. The molecule has 1 N–H and O–H groups in total. The Morgan fingerprint density at radius 1 is 1.00 bits per heavy atom. The minimum absolute atomic E-state index is 0.803. The molecule has 0 amide bonds. The molecule has 0 heterocycles. The summed E-state index contributed by atoms with van der Waals surface area (Å²) in [6, 6.07) is 14.1. The fraction of sp³-hybridized carbons (Fsp3) is 0.0625. The van der Waals surface area contributed by atoms with Crippen molar-refractivity contribution < 1.29 is 9.90 Å². The molecule has 1 aliphatic carbocycles. The molecule has 0 radical (unpaired) electrons. The van der Waals surface area contributed by atoms with Gasteiger partial charge in [-0.15, -0.1) is 0 Å². The molecule has 0 aliphatic heterocycles. The predicted molar refractivity (Wildman–Crippen MR) is 71.3 cm³/mol. The van der Waals surface area contributed by atoms with Crippen LogP contribution in [0.2, 0.25) is 0 Å². The lowest BCUT2D eigenvalue weighted by Gasteiger charge is -2.02. The van der Waals surface area contributed by atoms with Gasteiger partial charge in [0.15, 0.2) is 0 Å². The molecule has 18 heavy (non-hydrogen) atoms. The predicted octanol–water partition coefficient (Wildman–Crippen LogP) is 3.49. The Hall–Kier alpha value is -2.35. The topological polar surface area (TPSA) is 37.3 Å². The highest BCUT2D eigenvalue weighted by molar-refractivity contribution is 6.06. The smallest absolute Gasteiger partial charge is 0.328 e. The number of benzene rings is 2. The Labute approximate surface area is 105 Å². The van der Waals surface area contributed by atoms with E-state index in [4.69, 9.17) is 5.11 Å². The maximum atomic E-state index is 11.0. The van der Waals surface area contributed by atoms with E-state index in [1.54, 1.807) is 0 Å². The van der Waals surface area contributed by atoms with Crippen LogP contribution >= 0.6 is 0 Å². The molecule has 0 aromatic heterocycles. The third-order valence-electron chi connectivity index (χ3n) is 3.24. The van der Waals surface area contributed by atoms with Gasteiger partial charge >= 0.3 is 5.97 Å². The molecule has 0 unspecified atom stereocenters. The lowest BCUT2D eigenvalue weighted by Crippen LogP contribution is -1.91. The molecule has 3 rings (SSSR count). The summed E-state index contributed by atoms with van der Waals surface area (Å²) in [5.74, 6) is -0.908. The maximum Gasteiger partial charge on any atom is 0.328 e. The molecule has 0 fully saturated rings. The normalized spacial score (nSPS) is 14.4. The van der Waals surface area contributed by atoms with E-state index in [2.05, 4.69) is 12.1 Å². The summed E-state index contributed by atoms with van der Waals surface area (Å²) in [6.07, 6.45) is 1.30. The zero-order chi connectivity index (χ0) is 12.7. The van der Waals surface area contributed by atoms with Crippen molar-refractivity contribution in [1.29, 1.82) is 0 Å². The van der Waals surface area contributed by atoms with Gasteiger partial charge < -0.3 is 5.11 Å². The van der Waals surface area contributed by atoms with Crippen LogP contribution < -0.4 is 0 Å². The van der Waals surface area contributed by atoms with Crippen molar-refractivity contribution >= 4 is 11.5 Å². The third-order valence-corrected chi connectivity index (χ3v) is 3.24. The summed E-state index contributed by atoms with van der Waals surface area (Å²) in [6.45, 7) is 2.02. The number of carboxylic acid groups (broad SMARTS) is 1. The number of carboxylic acids is 1. The van der Waals surface area contributed by atoms with Crippen molar-refractivity contribution in [2.45, 2.75) is 6.92 Å². The summed E-state index contributed by atoms with van der Waals surface area (Å²) in [7, 11) is 0. The van der Waals surface area contributed by atoms with Crippen LogP contribution in [0.15, 0.2) is 48.5 Å². The van der Waals surface area contributed by atoms with Crippen LogP contribution in [0.5, 0.6) is 0 Å². The molecule has 0 spiro atoms. The lowest BCUT2D eigenvalue weighted by molar-refractivity contribution is -0.131. The second kappa shape index (κ2) is 3.84. The number of hydrogen-bond acceptors (Lipinski definition) is 1. The van der Waals surface area contributed by atoms with E-state index in [-0.39, 0.29) is 0 Å². The maximum absolute atomic E-state index is 11.0. The number of carbonyl (C=O) groups is 1. The van der Waals surface area contributed by atoms with Crippen LogP contribution in [0.4, 0.5) is 0 Å². The van der Waals surface area contributed by atoms with Gasteiger partial charge in [0.05, 0.1) is 0 Å². The average Bonchev–Trinajstić information content (AvgIpc) is 2.63. The first kappa shape index (κ1) is 10.8. The van der Waals surface area contributed by atoms with Crippen LogP contribution in [0, 0.1) is 6.92 Å². The fourth-order valence-corrected chi connectivity index (χ4v) is 2.49. The Balaban J connectivity index is 2.35. The minimum Gasteiger partial charge on any atom is -0.478 e. The fourth-order valence-electron chi connectivity index (χ4n) is 2.49. The van der Waals surface area contributed by atoms with E-state index in [0.29, 0.717) is 0 Å². The molecule has 0 bridgehead atoms. The molecule has 0 atom stereocenters. The lowest BCUT2D eigenvalue weighted by atomic mass is 10.0. The first-order valence-electron chi connectivity index (χ1n) is 5.82. The van der Waals surface area contributed by atoms with Gasteiger partial charge in [-0.2, -0.15) is 0 Å². The summed E-state index contributed by atoms with van der Waals surface area (Å²) in [4.78, 5) is 11.0. The van der Waals surface area contributed by atoms with E-state index in [1.807, 2.05) is 37.3 Å². The van der Waals surface area contributed by atoms with Crippen LogP contribution in [-0.4, -0.2) is 11.1 Å². The van der Waals surface area contributed by atoms with Gasteiger partial charge in [-0.1, -0.05) is 48.0 Å². The highest BCUT2D eigenvalue weighted by atomic mass is 16.4. The number of aliphatic carboxylic acids is 1. The summed E-state index contributed by atoms with van der Waals surface area (Å²) >= 11 is 0. The molecule has 2 aromatic rings. The summed E-state index contributed by atoms with van der Waals surface area (Å²) in [5, 5.41) is 9.02. The molecule has 2 nitrogen and oxygen atoms in total. The van der Waals surface area contributed by atoms with Gasteiger partial charge in [0.25, 0.3) is 0 Å².